The van der Waals surface area contributed by atoms with Gasteiger partial charge in [-0.25, -0.2) is 4.98 Å². The van der Waals surface area contributed by atoms with Crippen molar-refractivity contribution < 1.29 is 4.74 Å². The van der Waals surface area contributed by atoms with E-state index in [1.165, 1.54) is 0 Å². The standard InChI is InChI=1S/C11H19N3O/c1-7(2)4-10-9(13)5-8(6-12)11(14-10)15-3/h5,7H,4,6,12-13H2,1-3H3. The van der Waals surface area contributed by atoms with Crippen LogP contribution < -0.4 is 16.2 Å². The van der Waals surface area contributed by atoms with E-state index < -0.39 is 0 Å². The van der Waals surface area contributed by atoms with Crippen LogP contribution in [0.5, 0.6) is 5.88 Å². The number of hydrogen-bond acceptors (Lipinski definition) is 4. The van der Waals surface area contributed by atoms with Crippen molar-refractivity contribution in [1.82, 2.24) is 4.98 Å². The molecule has 0 amide bonds. The first-order valence-electron chi connectivity index (χ1n) is 5.10. The fourth-order valence-electron chi connectivity index (χ4n) is 1.46. The third-order valence-electron chi connectivity index (χ3n) is 2.19. The van der Waals surface area contributed by atoms with Gasteiger partial charge in [-0.05, 0) is 18.4 Å². The Kier molecular flexibility index (Phi) is 3.91. The maximum Gasteiger partial charge on any atom is 0.217 e. The van der Waals surface area contributed by atoms with E-state index in [9.17, 15) is 0 Å². The number of anilines is 1. The number of nitrogen functional groups attached to an aromatic ring is 1. The molecule has 0 fully saturated rings. The molecule has 4 heteroatoms. The predicted octanol–water partition coefficient (Wildman–Crippen LogP) is 1.33. The highest BCUT2D eigenvalue weighted by molar-refractivity contribution is 5.49. The molecule has 84 valence electrons. The Morgan fingerprint density at radius 1 is 1.47 bits per heavy atom. The van der Waals surface area contributed by atoms with Gasteiger partial charge in [-0.3, -0.25) is 0 Å². The largest absolute Gasteiger partial charge is 0.481 e. The molecule has 0 saturated carbocycles. The summed E-state index contributed by atoms with van der Waals surface area (Å²) in [7, 11) is 1.59. The fraction of sp³-hybridized carbons (Fsp3) is 0.545. The third-order valence-corrected chi connectivity index (χ3v) is 2.19. The Hall–Kier alpha value is -1.29. The molecule has 15 heavy (non-hydrogen) atoms. The van der Waals surface area contributed by atoms with Gasteiger partial charge in [-0.1, -0.05) is 13.8 Å². The highest BCUT2D eigenvalue weighted by Gasteiger charge is 2.10. The second-order valence-corrected chi connectivity index (χ2v) is 3.99. The minimum absolute atomic E-state index is 0.391. The summed E-state index contributed by atoms with van der Waals surface area (Å²) >= 11 is 0. The van der Waals surface area contributed by atoms with Crippen LogP contribution in [0.15, 0.2) is 6.07 Å². The first-order valence-corrected chi connectivity index (χ1v) is 5.10. The van der Waals surface area contributed by atoms with E-state index in [0.29, 0.717) is 24.0 Å². The van der Waals surface area contributed by atoms with E-state index in [1.807, 2.05) is 6.07 Å². The maximum atomic E-state index is 5.90. The van der Waals surface area contributed by atoms with E-state index >= 15 is 0 Å². The summed E-state index contributed by atoms with van der Waals surface area (Å²) in [6.07, 6.45) is 0.854. The summed E-state index contributed by atoms with van der Waals surface area (Å²) in [5.41, 5.74) is 13.9. The van der Waals surface area contributed by atoms with Crippen molar-refractivity contribution in [2.45, 2.75) is 26.8 Å². The van der Waals surface area contributed by atoms with E-state index in [-0.39, 0.29) is 0 Å². The summed E-state index contributed by atoms with van der Waals surface area (Å²) in [6, 6.07) is 1.85. The van der Waals surface area contributed by atoms with Gasteiger partial charge in [0.25, 0.3) is 0 Å². The van der Waals surface area contributed by atoms with E-state index in [2.05, 4.69) is 18.8 Å². The van der Waals surface area contributed by atoms with Gasteiger partial charge in [0.1, 0.15) is 0 Å². The molecule has 4 N–H and O–H groups in total. The molecule has 1 rings (SSSR count). The molecule has 0 aliphatic carbocycles. The fourth-order valence-corrected chi connectivity index (χ4v) is 1.46. The van der Waals surface area contributed by atoms with Crippen molar-refractivity contribution >= 4 is 5.69 Å². The number of aromatic nitrogens is 1. The third kappa shape index (κ3) is 2.83. The number of nitrogens with zero attached hydrogens (tertiary/aromatic N) is 1. The van der Waals surface area contributed by atoms with Gasteiger partial charge in [0.15, 0.2) is 0 Å². The molecule has 0 radical (unpaired) electrons. The maximum absolute atomic E-state index is 5.90. The smallest absolute Gasteiger partial charge is 0.217 e. The summed E-state index contributed by atoms with van der Waals surface area (Å²) in [5.74, 6) is 1.11. The molecule has 0 aliphatic heterocycles. The van der Waals surface area contributed by atoms with Gasteiger partial charge in [0.05, 0.1) is 18.5 Å². The molecule has 0 aromatic carbocycles. The molecule has 0 unspecified atom stereocenters. The van der Waals surface area contributed by atoms with E-state index in [1.54, 1.807) is 7.11 Å². The zero-order valence-corrected chi connectivity index (χ0v) is 9.58. The Morgan fingerprint density at radius 3 is 2.60 bits per heavy atom. The molecule has 1 heterocycles. The Morgan fingerprint density at radius 2 is 2.13 bits per heavy atom. The van der Waals surface area contributed by atoms with Crippen LogP contribution >= 0.6 is 0 Å². The SMILES string of the molecule is COc1nc(CC(C)C)c(N)cc1CN. The highest BCUT2D eigenvalue weighted by Crippen LogP contribution is 2.22. The van der Waals surface area contributed by atoms with Crippen LogP contribution in [0.1, 0.15) is 25.1 Å². The normalized spacial score (nSPS) is 10.7. The Balaban J connectivity index is 3.08. The molecular formula is C11H19N3O. The monoisotopic (exact) mass is 209 g/mol. The van der Waals surface area contributed by atoms with Gasteiger partial charge in [0, 0.05) is 12.1 Å². The average molecular weight is 209 g/mol. The van der Waals surface area contributed by atoms with Crippen LogP contribution in [0.25, 0.3) is 0 Å². The Labute approximate surface area is 90.6 Å². The molecule has 0 saturated heterocycles. The summed E-state index contributed by atoms with van der Waals surface area (Å²) in [4.78, 5) is 4.37. The van der Waals surface area contributed by atoms with Crippen LogP contribution in [0.3, 0.4) is 0 Å². The number of rotatable bonds is 4. The lowest BCUT2D eigenvalue weighted by molar-refractivity contribution is 0.390. The number of methoxy groups -OCH3 is 1. The van der Waals surface area contributed by atoms with Crippen LogP contribution in [0, 0.1) is 5.92 Å². The quantitative estimate of drug-likeness (QED) is 0.784. The summed E-state index contributed by atoms with van der Waals surface area (Å²) < 4.78 is 5.17. The van der Waals surface area contributed by atoms with Crippen molar-refractivity contribution in [2.24, 2.45) is 11.7 Å². The van der Waals surface area contributed by atoms with Crippen molar-refractivity contribution in [2.75, 3.05) is 12.8 Å². The van der Waals surface area contributed by atoms with Gasteiger partial charge in [0.2, 0.25) is 5.88 Å². The number of pyridine rings is 1. The minimum atomic E-state index is 0.391. The number of hydrogen-bond donors (Lipinski definition) is 2. The molecule has 0 bridgehead atoms. The van der Waals surface area contributed by atoms with Crippen molar-refractivity contribution in [3.8, 4) is 5.88 Å². The van der Waals surface area contributed by atoms with Crippen molar-refractivity contribution in [1.29, 1.82) is 0 Å². The van der Waals surface area contributed by atoms with Crippen LogP contribution in [-0.2, 0) is 13.0 Å². The Bertz CT molecular complexity index is 337. The van der Waals surface area contributed by atoms with Crippen molar-refractivity contribution in [3.05, 3.63) is 17.3 Å². The molecular weight excluding hydrogens is 190 g/mol. The molecule has 0 atom stereocenters. The summed E-state index contributed by atoms with van der Waals surface area (Å²) in [6.45, 7) is 4.65. The van der Waals surface area contributed by atoms with Gasteiger partial charge < -0.3 is 16.2 Å². The lowest BCUT2D eigenvalue weighted by atomic mass is 10.1. The molecule has 4 nitrogen and oxygen atoms in total. The highest BCUT2D eigenvalue weighted by atomic mass is 16.5. The predicted molar refractivity (Wildman–Crippen MR) is 61.6 cm³/mol. The van der Waals surface area contributed by atoms with Gasteiger partial charge in [-0.15, -0.1) is 0 Å². The molecule has 1 aromatic rings. The molecule has 1 aromatic heterocycles. The number of nitrogens with two attached hydrogens (primary N) is 2. The van der Waals surface area contributed by atoms with Crippen LogP contribution in [0.2, 0.25) is 0 Å². The molecule has 0 spiro atoms. The first kappa shape index (κ1) is 11.8. The first-order chi connectivity index (χ1) is 7.08. The lowest BCUT2D eigenvalue weighted by Gasteiger charge is -2.12. The van der Waals surface area contributed by atoms with E-state index in [4.69, 9.17) is 16.2 Å². The zero-order valence-electron chi connectivity index (χ0n) is 9.58. The average Bonchev–Trinajstić information content (AvgIpc) is 2.19. The second kappa shape index (κ2) is 4.98. The van der Waals surface area contributed by atoms with Gasteiger partial charge in [-0.2, -0.15) is 0 Å². The summed E-state index contributed by atoms with van der Waals surface area (Å²) in [5, 5.41) is 0. The van der Waals surface area contributed by atoms with Crippen molar-refractivity contribution in [3.63, 3.8) is 0 Å². The minimum Gasteiger partial charge on any atom is -0.481 e. The second-order valence-electron chi connectivity index (χ2n) is 3.99. The van der Waals surface area contributed by atoms with Crippen LogP contribution in [-0.4, -0.2) is 12.1 Å². The number of ether oxygens (including phenoxy) is 1. The van der Waals surface area contributed by atoms with Crippen LogP contribution in [0.4, 0.5) is 5.69 Å². The lowest BCUT2D eigenvalue weighted by Crippen LogP contribution is -2.08. The van der Waals surface area contributed by atoms with Gasteiger partial charge >= 0.3 is 0 Å². The van der Waals surface area contributed by atoms with E-state index in [0.717, 1.165) is 17.7 Å². The topological polar surface area (TPSA) is 74.2 Å². The zero-order chi connectivity index (χ0) is 11.4. The molecule has 0 aliphatic rings.